The van der Waals surface area contributed by atoms with Crippen LogP contribution in [-0.2, 0) is 9.53 Å². The van der Waals surface area contributed by atoms with Gasteiger partial charge in [-0.15, -0.1) is 0 Å². The highest BCUT2D eigenvalue weighted by Gasteiger charge is 2.39. The number of ether oxygens (including phenoxy) is 2. The number of urea groups is 1. The number of amides is 3. The molecular weight excluding hydrogens is 426 g/mol. The lowest BCUT2D eigenvalue weighted by atomic mass is 9.94. The number of likely N-dealkylation sites (N-methyl/N-ethyl adjacent to an activating group) is 1. The van der Waals surface area contributed by atoms with E-state index < -0.39 is 24.2 Å². The van der Waals surface area contributed by atoms with E-state index in [0.717, 1.165) is 5.56 Å². The van der Waals surface area contributed by atoms with Gasteiger partial charge in [-0.2, -0.15) is 0 Å². The molecule has 1 fully saturated rings. The first kappa shape index (κ1) is 22.6. The number of carboxylic acid groups (broad SMARTS) is 1. The van der Waals surface area contributed by atoms with Crippen LogP contribution in [0.5, 0.6) is 5.75 Å². The number of carbonyl (C=O) groups excluding carboxylic acids is 2. The SMILES string of the molecule is Cc1ccccc1NC(=O)Nc1ccc2c(c1)C(=O)N(C)[C@H]1CC[C@H](CC(=O)O)O[C@@H]1CO2. The van der Waals surface area contributed by atoms with Gasteiger partial charge in [0.05, 0.1) is 24.1 Å². The van der Waals surface area contributed by atoms with E-state index in [0.29, 0.717) is 35.5 Å². The fourth-order valence-corrected chi connectivity index (χ4v) is 4.30. The first-order chi connectivity index (χ1) is 15.8. The van der Waals surface area contributed by atoms with Crippen molar-refractivity contribution in [1.29, 1.82) is 0 Å². The van der Waals surface area contributed by atoms with Gasteiger partial charge in [-0.3, -0.25) is 9.59 Å². The summed E-state index contributed by atoms with van der Waals surface area (Å²) in [5, 5.41) is 14.6. The average Bonchev–Trinajstić information content (AvgIpc) is 2.78. The third-order valence-corrected chi connectivity index (χ3v) is 6.07. The number of fused-ring (bicyclic) bond motifs is 2. The number of rotatable bonds is 4. The Morgan fingerprint density at radius 3 is 2.70 bits per heavy atom. The summed E-state index contributed by atoms with van der Waals surface area (Å²) in [6, 6.07) is 11.7. The van der Waals surface area contributed by atoms with Gasteiger partial charge < -0.3 is 30.1 Å². The molecule has 0 aliphatic carbocycles. The molecule has 0 spiro atoms. The van der Waals surface area contributed by atoms with Crippen LogP contribution in [0, 0.1) is 6.92 Å². The van der Waals surface area contributed by atoms with E-state index in [1.54, 1.807) is 30.1 Å². The van der Waals surface area contributed by atoms with Crippen molar-refractivity contribution in [1.82, 2.24) is 4.90 Å². The number of aliphatic carboxylic acids is 1. The first-order valence-corrected chi connectivity index (χ1v) is 10.9. The van der Waals surface area contributed by atoms with Crippen LogP contribution in [0.2, 0.25) is 0 Å². The smallest absolute Gasteiger partial charge is 0.323 e. The number of nitrogens with one attached hydrogen (secondary N) is 2. The Bertz CT molecular complexity index is 1070. The molecule has 0 unspecified atom stereocenters. The normalized spacial score (nSPS) is 22.2. The minimum Gasteiger partial charge on any atom is -0.490 e. The van der Waals surface area contributed by atoms with Crippen molar-refractivity contribution in [2.45, 2.75) is 44.4 Å². The molecule has 0 saturated carbocycles. The standard InChI is InChI=1S/C24H27N3O6/c1-14-5-3-4-6-18(14)26-24(31)25-15-7-10-20-17(11-15)23(30)27(2)19-9-8-16(12-22(28)29)33-21(19)13-32-20/h3-7,10-11,16,19,21H,8-9,12-13H2,1-2H3,(H,28,29)(H2,25,26,31)/t16-,19+,21-/m1/s1. The molecule has 0 bridgehead atoms. The maximum Gasteiger partial charge on any atom is 0.323 e. The van der Waals surface area contributed by atoms with Crippen molar-refractivity contribution >= 4 is 29.3 Å². The molecule has 2 aliphatic rings. The zero-order valence-corrected chi connectivity index (χ0v) is 18.5. The summed E-state index contributed by atoms with van der Waals surface area (Å²) < 4.78 is 11.8. The molecule has 2 aliphatic heterocycles. The van der Waals surface area contributed by atoms with Gasteiger partial charge >= 0.3 is 12.0 Å². The molecule has 174 valence electrons. The predicted molar refractivity (Wildman–Crippen MR) is 122 cm³/mol. The molecule has 9 nitrogen and oxygen atoms in total. The Kier molecular flexibility index (Phi) is 6.50. The van der Waals surface area contributed by atoms with Gasteiger partial charge in [-0.1, -0.05) is 18.2 Å². The Morgan fingerprint density at radius 1 is 1.15 bits per heavy atom. The van der Waals surface area contributed by atoms with Crippen LogP contribution in [-0.4, -0.2) is 59.8 Å². The van der Waals surface area contributed by atoms with Gasteiger partial charge in [0.15, 0.2) is 0 Å². The maximum absolute atomic E-state index is 13.2. The highest BCUT2D eigenvalue weighted by Crippen LogP contribution is 2.32. The molecule has 3 amide bonds. The average molecular weight is 453 g/mol. The van der Waals surface area contributed by atoms with Gasteiger partial charge in [0.2, 0.25) is 0 Å². The summed E-state index contributed by atoms with van der Waals surface area (Å²) in [7, 11) is 1.71. The van der Waals surface area contributed by atoms with Crippen molar-refractivity contribution in [2.24, 2.45) is 0 Å². The van der Waals surface area contributed by atoms with E-state index in [1.807, 2.05) is 31.2 Å². The second kappa shape index (κ2) is 9.50. The summed E-state index contributed by atoms with van der Waals surface area (Å²) in [5.41, 5.74) is 2.44. The number of benzene rings is 2. The third-order valence-electron chi connectivity index (χ3n) is 6.07. The van der Waals surface area contributed by atoms with Crippen molar-refractivity contribution in [3.63, 3.8) is 0 Å². The van der Waals surface area contributed by atoms with E-state index in [2.05, 4.69) is 10.6 Å². The lowest BCUT2D eigenvalue weighted by molar-refractivity contribution is -0.148. The topological polar surface area (TPSA) is 117 Å². The maximum atomic E-state index is 13.2. The highest BCUT2D eigenvalue weighted by molar-refractivity contribution is 6.02. The summed E-state index contributed by atoms with van der Waals surface area (Å²) in [6.07, 6.45) is 0.298. The van der Waals surface area contributed by atoms with Crippen LogP contribution >= 0.6 is 0 Å². The van der Waals surface area contributed by atoms with E-state index in [1.165, 1.54) is 0 Å². The monoisotopic (exact) mass is 453 g/mol. The largest absolute Gasteiger partial charge is 0.490 e. The van der Waals surface area contributed by atoms with Gasteiger partial charge in [0.25, 0.3) is 5.91 Å². The van der Waals surface area contributed by atoms with Crippen molar-refractivity contribution in [2.75, 3.05) is 24.3 Å². The summed E-state index contributed by atoms with van der Waals surface area (Å²) >= 11 is 0. The fraction of sp³-hybridized carbons (Fsp3) is 0.375. The molecule has 3 atom stereocenters. The van der Waals surface area contributed by atoms with Crippen molar-refractivity contribution in [3.05, 3.63) is 53.6 Å². The van der Waals surface area contributed by atoms with Gasteiger partial charge in [-0.25, -0.2) is 4.79 Å². The Hall–Kier alpha value is -3.59. The first-order valence-electron chi connectivity index (χ1n) is 10.9. The fourth-order valence-electron chi connectivity index (χ4n) is 4.30. The Balaban J connectivity index is 1.49. The number of hydrogen-bond donors (Lipinski definition) is 3. The molecule has 0 radical (unpaired) electrons. The van der Waals surface area contributed by atoms with E-state index in [9.17, 15) is 14.4 Å². The number of aryl methyl sites for hydroxylation is 1. The lowest BCUT2D eigenvalue weighted by Gasteiger charge is -2.42. The van der Waals surface area contributed by atoms with Crippen LogP contribution in [0.1, 0.15) is 35.2 Å². The Labute approximate surface area is 191 Å². The highest BCUT2D eigenvalue weighted by atomic mass is 16.5. The van der Waals surface area contributed by atoms with E-state index >= 15 is 0 Å². The Morgan fingerprint density at radius 2 is 1.94 bits per heavy atom. The summed E-state index contributed by atoms with van der Waals surface area (Å²) in [4.78, 5) is 38.4. The molecule has 1 saturated heterocycles. The third kappa shape index (κ3) is 5.09. The lowest BCUT2D eigenvalue weighted by Crippen LogP contribution is -2.53. The molecule has 33 heavy (non-hydrogen) atoms. The van der Waals surface area contributed by atoms with Crippen LogP contribution in [0.15, 0.2) is 42.5 Å². The van der Waals surface area contributed by atoms with Gasteiger partial charge in [0.1, 0.15) is 18.5 Å². The van der Waals surface area contributed by atoms with Crippen LogP contribution in [0.3, 0.4) is 0 Å². The number of carbonyl (C=O) groups is 3. The molecule has 9 heteroatoms. The predicted octanol–water partition coefficient (Wildman–Crippen LogP) is 3.49. The number of hydrogen-bond acceptors (Lipinski definition) is 5. The molecule has 2 aromatic carbocycles. The zero-order valence-electron chi connectivity index (χ0n) is 18.5. The molecule has 0 aromatic heterocycles. The number of anilines is 2. The summed E-state index contributed by atoms with van der Waals surface area (Å²) in [5.74, 6) is -0.770. The number of para-hydroxylation sites is 1. The minimum absolute atomic E-state index is 0.0724. The van der Waals surface area contributed by atoms with Crippen LogP contribution in [0.25, 0.3) is 0 Å². The van der Waals surface area contributed by atoms with Gasteiger partial charge in [-0.05, 0) is 49.6 Å². The molecule has 3 N–H and O–H groups in total. The minimum atomic E-state index is -0.911. The van der Waals surface area contributed by atoms with Crippen molar-refractivity contribution < 1.29 is 29.0 Å². The quantitative estimate of drug-likeness (QED) is 0.652. The van der Waals surface area contributed by atoms with E-state index in [-0.39, 0.29) is 25.0 Å². The molecule has 2 heterocycles. The van der Waals surface area contributed by atoms with Crippen LogP contribution in [0.4, 0.5) is 16.2 Å². The zero-order chi connectivity index (χ0) is 23.5. The summed E-state index contributed by atoms with van der Waals surface area (Å²) in [6.45, 7) is 2.10. The van der Waals surface area contributed by atoms with Gasteiger partial charge in [0, 0.05) is 18.4 Å². The van der Waals surface area contributed by atoms with Crippen LogP contribution < -0.4 is 15.4 Å². The molecule has 4 rings (SSSR count). The second-order valence-corrected chi connectivity index (χ2v) is 8.37. The number of carboxylic acids is 1. The number of nitrogens with zero attached hydrogens (tertiary/aromatic N) is 1. The van der Waals surface area contributed by atoms with E-state index in [4.69, 9.17) is 14.6 Å². The molecule has 2 aromatic rings. The second-order valence-electron chi connectivity index (χ2n) is 8.37. The van der Waals surface area contributed by atoms with Crippen molar-refractivity contribution in [3.8, 4) is 5.75 Å². The molecular formula is C24H27N3O6.